The van der Waals surface area contributed by atoms with Crippen LogP contribution in [-0.2, 0) is 6.42 Å². The molecule has 0 fully saturated rings. The van der Waals surface area contributed by atoms with Crippen molar-refractivity contribution in [3.05, 3.63) is 61.5 Å². The summed E-state index contributed by atoms with van der Waals surface area (Å²) in [6, 6.07) is 9.65. The van der Waals surface area contributed by atoms with Crippen molar-refractivity contribution in [3.63, 3.8) is 0 Å². The standard InChI is InChI=1S/C15H10Br2Cl2O/c16-13-2-1-9(18)6-11(13)14(17)12-7-10(19)5-8-3-4-20-15(8)12/h1-2,5-7,14H,3-4H2. The number of benzene rings is 2. The summed E-state index contributed by atoms with van der Waals surface area (Å²) in [6.45, 7) is 0.707. The van der Waals surface area contributed by atoms with Crippen LogP contribution >= 0.6 is 55.1 Å². The molecule has 1 unspecified atom stereocenters. The molecule has 0 saturated carbocycles. The van der Waals surface area contributed by atoms with Crippen LogP contribution in [0.3, 0.4) is 0 Å². The molecule has 2 aromatic rings. The van der Waals surface area contributed by atoms with Crippen molar-refractivity contribution in [2.45, 2.75) is 11.2 Å². The predicted molar refractivity (Wildman–Crippen MR) is 90.6 cm³/mol. The number of fused-ring (bicyclic) bond motifs is 1. The molecule has 1 heterocycles. The van der Waals surface area contributed by atoms with Gasteiger partial charge in [-0.3, -0.25) is 0 Å². The van der Waals surface area contributed by atoms with Gasteiger partial charge in [0.1, 0.15) is 5.75 Å². The molecule has 3 rings (SSSR count). The highest BCUT2D eigenvalue weighted by Crippen LogP contribution is 2.44. The van der Waals surface area contributed by atoms with E-state index in [0.29, 0.717) is 11.6 Å². The second-order valence-corrected chi connectivity index (χ2v) is 7.25. The molecule has 2 aromatic carbocycles. The minimum Gasteiger partial charge on any atom is -0.493 e. The fourth-order valence-electron chi connectivity index (χ4n) is 2.36. The van der Waals surface area contributed by atoms with Crippen molar-refractivity contribution in [1.29, 1.82) is 0 Å². The van der Waals surface area contributed by atoms with E-state index in [9.17, 15) is 0 Å². The Hall–Kier alpha value is -0.220. The van der Waals surface area contributed by atoms with Crippen LogP contribution in [0, 0.1) is 0 Å². The molecule has 0 amide bonds. The van der Waals surface area contributed by atoms with E-state index < -0.39 is 0 Å². The fraction of sp³-hybridized carbons (Fsp3) is 0.200. The number of alkyl halides is 1. The van der Waals surface area contributed by atoms with E-state index in [0.717, 1.165) is 38.4 Å². The van der Waals surface area contributed by atoms with Crippen molar-refractivity contribution < 1.29 is 4.74 Å². The molecular formula is C15H10Br2Cl2O. The van der Waals surface area contributed by atoms with Gasteiger partial charge in [-0.25, -0.2) is 0 Å². The van der Waals surface area contributed by atoms with E-state index in [4.69, 9.17) is 27.9 Å². The average Bonchev–Trinajstić information content (AvgIpc) is 2.87. The van der Waals surface area contributed by atoms with Gasteiger partial charge in [0.2, 0.25) is 0 Å². The molecule has 0 aliphatic carbocycles. The number of ether oxygens (including phenoxy) is 1. The second kappa shape index (κ2) is 5.88. The Morgan fingerprint density at radius 1 is 1.05 bits per heavy atom. The van der Waals surface area contributed by atoms with Crippen LogP contribution in [0.5, 0.6) is 5.75 Å². The smallest absolute Gasteiger partial charge is 0.127 e. The quantitative estimate of drug-likeness (QED) is 0.511. The maximum atomic E-state index is 6.22. The molecule has 0 aromatic heterocycles. The summed E-state index contributed by atoms with van der Waals surface area (Å²) in [4.78, 5) is -0.0267. The molecule has 0 saturated heterocycles. The van der Waals surface area contributed by atoms with E-state index in [-0.39, 0.29) is 4.83 Å². The molecule has 20 heavy (non-hydrogen) atoms. The summed E-state index contributed by atoms with van der Waals surface area (Å²) < 4.78 is 6.76. The van der Waals surface area contributed by atoms with Crippen LogP contribution in [0.4, 0.5) is 0 Å². The van der Waals surface area contributed by atoms with E-state index >= 15 is 0 Å². The third-order valence-electron chi connectivity index (χ3n) is 3.28. The minimum absolute atomic E-state index is 0.0267. The van der Waals surface area contributed by atoms with Crippen molar-refractivity contribution >= 4 is 55.1 Å². The number of rotatable bonds is 2. The van der Waals surface area contributed by atoms with Gasteiger partial charge in [0, 0.05) is 26.5 Å². The molecule has 1 atom stereocenters. The molecule has 104 valence electrons. The Balaban J connectivity index is 2.11. The summed E-state index contributed by atoms with van der Waals surface area (Å²) >= 11 is 19.6. The Morgan fingerprint density at radius 2 is 1.80 bits per heavy atom. The number of hydrogen-bond donors (Lipinski definition) is 0. The first-order chi connectivity index (χ1) is 9.56. The van der Waals surface area contributed by atoms with Crippen molar-refractivity contribution in [1.82, 2.24) is 0 Å². The van der Waals surface area contributed by atoms with Crippen molar-refractivity contribution in [3.8, 4) is 5.75 Å². The molecule has 1 nitrogen and oxygen atoms in total. The Bertz CT molecular complexity index is 673. The highest BCUT2D eigenvalue weighted by Gasteiger charge is 2.24. The van der Waals surface area contributed by atoms with E-state index in [1.54, 1.807) is 0 Å². The molecule has 1 aliphatic rings. The van der Waals surface area contributed by atoms with Gasteiger partial charge in [-0.1, -0.05) is 55.1 Å². The molecular weight excluding hydrogens is 427 g/mol. The highest BCUT2D eigenvalue weighted by atomic mass is 79.9. The van der Waals surface area contributed by atoms with Crippen LogP contribution in [0.25, 0.3) is 0 Å². The molecule has 0 N–H and O–H groups in total. The van der Waals surface area contributed by atoms with Crippen LogP contribution in [0.1, 0.15) is 21.5 Å². The molecule has 0 spiro atoms. The average molecular weight is 437 g/mol. The van der Waals surface area contributed by atoms with E-state index in [2.05, 4.69) is 31.9 Å². The fourth-order valence-corrected chi connectivity index (χ4v) is 4.29. The molecule has 0 bridgehead atoms. The second-order valence-electron chi connectivity index (χ2n) is 4.61. The maximum absolute atomic E-state index is 6.22. The van der Waals surface area contributed by atoms with Gasteiger partial charge in [-0.05, 0) is 41.5 Å². The maximum Gasteiger partial charge on any atom is 0.127 e. The Labute approximate surface area is 144 Å². The zero-order chi connectivity index (χ0) is 14.3. The zero-order valence-electron chi connectivity index (χ0n) is 10.3. The van der Waals surface area contributed by atoms with Crippen LogP contribution < -0.4 is 4.74 Å². The lowest BCUT2D eigenvalue weighted by atomic mass is 10.0. The summed E-state index contributed by atoms with van der Waals surface area (Å²) in [7, 11) is 0. The third-order valence-corrected chi connectivity index (χ3v) is 5.44. The summed E-state index contributed by atoms with van der Waals surface area (Å²) in [6.07, 6.45) is 0.902. The van der Waals surface area contributed by atoms with Gasteiger partial charge < -0.3 is 4.74 Å². The molecule has 1 aliphatic heterocycles. The highest BCUT2D eigenvalue weighted by molar-refractivity contribution is 9.11. The lowest BCUT2D eigenvalue weighted by Gasteiger charge is -2.17. The monoisotopic (exact) mass is 434 g/mol. The zero-order valence-corrected chi connectivity index (χ0v) is 15.0. The van der Waals surface area contributed by atoms with Crippen LogP contribution in [0.15, 0.2) is 34.8 Å². The van der Waals surface area contributed by atoms with Gasteiger partial charge in [-0.2, -0.15) is 0 Å². The van der Waals surface area contributed by atoms with Gasteiger partial charge >= 0.3 is 0 Å². The predicted octanol–water partition coefficient (Wildman–Crippen LogP) is 6.18. The summed E-state index contributed by atoms with van der Waals surface area (Å²) in [5.41, 5.74) is 3.25. The third kappa shape index (κ3) is 2.74. The van der Waals surface area contributed by atoms with E-state index in [1.165, 1.54) is 0 Å². The van der Waals surface area contributed by atoms with Gasteiger partial charge in [-0.15, -0.1) is 0 Å². The molecule has 0 radical (unpaired) electrons. The van der Waals surface area contributed by atoms with Crippen molar-refractivity contribution in [2.75, 3.05) is 6.61 Å². The Morgan fingerprint density at radius 3 is 2.60 bits per heavy atom. The summed E-state index contributed by atoms with van der Waals surface area (Å²) in [5.74, 6) is 0.933. The lowest BCUT2D eigenvalue weighted by molar-refractivity contribution is 0.354. The minimum atomic E-state index is -0.0267. The topological polar surface area (TPSA) is 9.23 Å². The number of halogens is 4. The van der Waals surface area contributed by atoms with Crippen LogP contribution in [-0.4, -0.2) is 6.61 Å². The van der Waals surface area contributed by atoms with Gasteiger partial charge in [0.05, 0.1) is 11.4 Å². The number of hydrogen-bond acceptors (Lipinski definition) is 1. The van der Waals surface area contributed by atoms with Gasteiger partial charge in [0.15, 0.2) is 0 Å². The first-order valence-corrected chi connectivity index (χ1v) is 8.57. The summed E-state index contributed by atoms with van der Waals surface area (Å²) in [5, 5.41) is 1.43. The largest absolute Gasteiger partial charge is 0.493 e. The van der Waals surface area contributed by atoms with Crippen LogP contribution in [0.2, 0.25) is 10.0 Å². The van der Waals surface area contributed by atoms with Crippen molar-refractivity contribution in [2.24, 2.45) is 0 Å². The first-order valence-electron chi connectivity index (χ1n) is 6.10. The first kappa shape index (κ1) is 14.7. The van der Waals surface area contributed by atoms with E-state index in [1.807, 2.05) is 30.3 Å². The normalized spacial score (nSPS) is 14.8. The molecule has 5 heteroatoms. The lowest BCUT2D eigenvalue weighted by Crippen LogP contribution is -1.98. The Kier molecular flexibility index (Phi) is 4.32. The SMILES string of the molecule is Clc1ccc(Br)c(C(Br)c2cc(Cl)cc3c2OCC3)c1. The van der Waals surface area contributed by atoms with Gasteiger partial charge in [0.25, 0.3) is 0 Å².